The van der Waals surface area contributed by atoms with Gasteiger partial charge in [-0.15, -0.1) is 0 Å². The average molecular weight is 539 g/mol. The third-order valence-electron chi connectivity index (χ3n) is 6.26. The molecule has 4 rings (SSSR count). The number of carbonyl (C=O) groups is 2. The monoisotopic (exact) mass is 538 g/mol. The van der Waals surface area contributed by atoms with E-state index in [9.17, 15) is 18.4 Å². The van der Waals surface area contributed by atoms with Crippen molar-refractivity contribution >= 4 is 11.9 Å². The lowest BCUT2D eigenvalue weighted by atomic mass is 9.98. The smallest absolute Gasteiger partial charge is 0.338 e. The van der Waals surface area contributed by atoms with Gasteiger partial charge in [0.25, 0.3) is 0 Å². The van der Waals surface area contributed by atoms with Crippen molar-refractivity contribution in [1.82, 2.24) is 0 Å². The first-order valence-electron chi connectivity index (χ1n) is 12.6. The van der Waals surface area contributed by atoms with Crippen LogP contribution in [-0.2, 0) is 22.4 Å². The zero-order valence-electron chi connectivity index (χ0n) is 22.3. The maximum Gasteiger partial charge on any atom is 0.338 e. The van der Waals surface area contributed by atoms with Crippen molar-refractivity contribution in [3.63, 3.8) is 0 Å². The van der Waals surface area contributed by atoms with Gasteiger partial charge in [-0.2, -0.15) is 0 Å². The van der Waals surface area contributed by atoms with Crippen molar-refractivity contribution in [2.45, 2.75) is 26.7 Å². The van der Waals surface area contributed by atoms with Gasteiger partial charge in [0.15, 0.2) is 0 Å². The van der Waals surface area contributed by atoms with E-state index in [1.807, 2.05) is 12.1 Å². The summed E-state index contributed by atoms with van der Waals surface area (Å²) in [5, 5.41) is 0. The van der Waals surface area contributed by atoms with Crippen molar-refractivity contribution in [3.8, 4) is 33.8 Å². The predicted molar refractivity (Wildman–Crippen MR) is 152 cm³/mol. The molecule has 0 fully saturated rings. The van der Waals surface area contributed by atoms with Crippen LogP contribution in [0.5, 0.6) is 11.5 Å². The Morgan fingerprint density at radius 1 is 0.575 bits per heavy atom. The maximum absolute atomic E-state index is 14.9. The molecule has 4 aromatic rings. The molecule has 0 N–H and O–H groups in total. The largest absolute Gasteiger partial charge is 0.423 e. The zero-order chi connectivity index (χ0) is 28.8. The van der Waals surface area contributed by atoms with Gasteiger partial charge in [-0.3, -0.25) is 0 Å². The molecule has 202 valence electrons. The number of ether oxygens (including phenoxy) is 2. The van der Waals surface area contributed by atoms with Crippen molar-refractivity contribution in [2.24, 2.45) is 0 Å². The molecule has 0 heterocycles. The Labute approximate surface area is 232 Å². The van der Waals surface area contributed by atoms with E-state index in [0.717, 1.165) is 11.1 Å². The first-order chi connectivity index (χ1) is 19.1. The summed E-state index contributed by atoms with van der Waals surface area (Å²) >= 11 is 0. The van der Waals surface area contributed by atoms with Crippen LogP contribution < -0.4 is 9.47 Å². The molecule has 0 bridgehead atoms. The molecule has 40 heavy (non-hydrogen) atoms. The second-order valence-corrected chi connectivity index (χ2v) is 9.50. The molecular weight excluding hydrogens is 510 g/mol. The molecule has 0 saturated carbocycles. The van der Waals surface area contributed by atoms with Gasteiger partial charge in [-0.25, -0.2) is 18.4 Å². The normalized spacial score (nSPS) is 10.6. The molecule has 0 spiro atoms. The molecule has 0 atom stereocenters. The summed E-state index contributed by atoms with van der Waals surface area (Å²) in [6, 6.07) is 23.5. The van der Waals surface area contributed by atoms with Crippen molar-refractivity contribution in [1.29, 1.82) is 0 Å². The first kappa shape index (κ1) is 28.2. The van der Waals surface area contributed by atoms with Gasteiger partial charge in [0.1, 0.15) is 23.1 Å². The third-order valence-corrected chi connectivity index (χ3v) is 6.26. The highest BCUT2D eigenvalue weighted by molar-refractivity contribution is 5.89. The number of benzene rings is 4. The molecule has 0 amide bonds. The van der Waals surface area contributed by atoms with Gasteiger partial charge in [-0.05, 0) is 96.5 Å². The SMILES string of the molecule is C=C(C)C(=O)Oc1ccc(-c2ccc(CCc3ccc(-c4ccc(OC(=O)C(=C)C)cc4)cc3F)c(F)c2)cc1. The molecule has 0 saturated heterocycles. The van der Waals surface area contributed by atoms with Crippen molar-refractivity contribution in [2.75, 3.05) is 0 Å². The van der Waals surface area contributed by atoms with E-state index < -0.39 is 11.9 Å². The molecule has 0 radical (unpaired) electrons. The van der Waals surface area contributed by atoms with E-state index in [2.05, 4.69) is 13.2 Å². The molecule has 0 aliphatic rings. The summed E-state index contributed by atoms with van der Waals surface area (Å²) in [6.45, 7) is 10.2. The van der Waals surface area contributed by atoms with E-state index in [1.54, 1.807) is 74.5 Å². The minimum atomic E-state index is -0.508. The summed E-state index contributed by atoms with van der Waals surface area (Å²) in [7, 11) is 0. The van der Waals surface area contributed by atoms with Gasteiger partial charge in [-0.1, -0.05) is 61.7 Å². The number of hydrogen-bond acceptors (Lipinski definition) is 4. The highest BCUT2D eigenvalue weighted by Crippen LogP contribution is 2.27. The molecule has 6 heteroatoms. The quantitative estimate of drug-likeness (QED) is 0.123. The Hall–Kier alpha value is -4.84. The lowest BCUT2D eigenvalue weighted by Crippen LogP contribution is -2.07. The fourth-order valence-corrected chi connectivity index (χ4v) is 3.95. The van der Waals surface area contributed by atoms with E-state index >= 15 is 0 Å². The fourth-order valence-electron chi connectivity index (χ4n) is 3.95. The minimum Gasteiger partial charge on any atom is -0.423 e. The van der Waals surface area contributed by atoms with Gasteiger partial charge in [0.05, 0.1) is 0 Å². The highest BCUT2D eigenvalue weighted by atomic mass is 19.1. The summed E-state index contributed by atoms with van der Waals surface area (Å²) in [5.74, 6) is -1.01. The van der Waals surface area contributed by atoms with Crippen LogP contribution in [0.2, 0.25) is 0 Å². The van der Waals surface area contributed by atoms with Crippen LogP contribution in [0.15, 0.2) is 109 Å². The molecule has 4 aromatic carbocycles. The lowest BCUT2D eigenvalue weighted by molar-refractivity contribution is -0.130. The number of carbonyl (C=O) groups excluding carboxylic acids is 2. The first-order valence-corrected chi connectivity index (χ1v) is 12.6. The van der Waals surface area contributed by atoms with Gasteiger partial charge < -0.3 is 9.47 Å². The predicted octanol–water partition coefficient (Wildman–Crippen LogP) is 8.05. The second-order valence-electron chi connectivity index (χ2n) is 9.50. The topological polar surface area (TPSA) is 52.6 Å². The van der Waals surface area contributed by atoms with E-state index in [4.69, 9.17) is 9.47 Å². The van der Waals surface area contributed by atoms with Gasteiger partial charge in [0.2, 0.25) is 0 Å². The fraction of sp³-hybridized carbons (Fsp3) is 0.118. The summed E-state index contributed by atoms with van der Waals surface area (Å²) in [4.78, 5) is 23.3. The summed E-state index contributed by atoms with van der Waals surface area (Å²) < 4.78 is 40.2. The number of aryl methyl sites for hydroxylation is 2. The molecule has 0 aliphatic carbocycles. The van der Waals surface area contributed by atoms with E-state index in [0.29, 0.717) is 57.7 Å². The van der Waals surface area contributed by atoms with Crippen LogP contribution >= 0.6 is 0 Å². The lowest BCUT2D eigenvalue weighted by Gasteiger charge is -2.10. The van der Waals surface area contributed by atoms with Crippen molar-refractivity contribution < 1.29 is 27.8 Å². The van der Waals surface area contributed by atoms with Gasteiger partial charge in [0, 0.05) is 11.1 Å². The van der Waals surface area contributed by atoms with Crippen LogP contribution in [0.1, 0.15) is 25.0 Å². The molecule has 0 aromatic heterocycles. The molecule has 4 nitrogen and oxygen atoms in total. The van der Waals surface area contributed by atoms with Crippen LogP contribution in [0.3, 0.4) is 0 Å². The zero-order valence-corrected chi connectivity index (χ0v) is 22.3. The Balaban J connectivity index is 1.39. The number of halogens is 2. The second kappa shape index (κ2) is 12.3. The Kier molecular flexibility index (Phi) is 8.70. The summed E-state index contributed by atoms with van der Waals surface area (Å²) in [5.41, 5.74) is 4.46. The van der Waals surface area contributed by atoms with Crippen molar-refractivity contribution in [3.05, 3.63) is 132 Å². The average Bonchev–Trinajstić information content (AvgIpc) is 2.93. The molecular formula is C34H28F2O4. The van der Waals surface area contributed by atoms with E-state index in [1.165, 1.54) is 12.1 Å². The highest BCUT2D eigenvalue weighted by Gasteiger charge is 2.11. The van der Waals surface area contributed by atoms with Crippen LogP contribution in [-0.4, -0.2) is 11.9 Å². The maximum atomic E-state index is 14.9. The Bertz CT molecular complexity index is 1460. The molecule has 0 unspecified atom stereocenters. The number of esters is 2. The van der Waals surface area contributed by atoms with Crippen LogP contribution in [0, 0.1) is 11.6 Å². The number of rotatable bonds is 9. The third kappa shape index (κ3) is 6.97. The summed E-state index contributed by atoms with van der Waals surface area (Å²) in [6.07, 6.45) is 0.669. The Morgan fingerprint density at radius 2 is 0.900 bits per heavy atom. The van der Waals surface area contributed by atoms with Crippen LogP contribution in [0.4, 0.5) is 8.78 Å². The standard InChI is InChI=1S/C34H28F2O4/c1-21(2)33(37)39-29-15-11-23(12-16-29)27-9-7-25(31(35)19-27)5-6-26-8-10-28(20-32(26)36)24-13-17-30(18-14-24)40-34(38)22(3)4/h7-20H,1,3,5-6H2,2,4H3. The number of hydrogen-bond donors (Lipinski definition) is 0. The Morgan fingerprint density at radius 3 is 1.20 bits per heavy atom. The molecule has 0 aliphatic heterocycles. The van der Waals surface area contributed by atoms with Crippen LogP contribution in [0.25, 0.3) is 22.3 Å². The van der Waals surface area contributed by atoms with E-state index in [-0.39, 0.29) is 11.6 Å². The van der Waals surface area contributed by atoms with Gasteiger partial charge >= 0.3 is 11.9 Å². The minimum absolute atomic E-state index is 0.299.